The third-order valence-corrected chi connectivity index (χ3v) is 1.36. The van der Waals surface area contributed by atoms with Crippen molar-refractivity contribution in [1.82, 2.24) is 0 Å². The van der Waals surface area contributed by atoms with Crippen LogP contribution in [-0.2, 0) is 9.53 Å². The number of alkyl halides is 2. The first-order valence-electron chi connectivity index (χ1n) is 3.38. The van der Waals surface area contributed by atoms with E-state index in [1.807, 2.05) is 0 Å². The number of hydrogen-bond donors (Lipinski definition) is 1. The maximum absolute atomic E-state index is 11.7. The zero-order chi connectivity index (χ0) is 9.90. The lowest BCUT2D eigenvalue weighted by molar-refractivity contribution is -0.141. The van der Waals surface area contributed by atoms with Crippen molar-refractivity contribution < 1.29 is 18.3 Å². The Morgan fingerprint density at radius 2 is 2.38 bits per heavy atom. The van der Waals surface area contributed by atoms with Gasteiger partial charge in [-0.05, 0) is 0 Å². The molecule has 5 nitrogen and oxygen atoms in total. The van der Waals surface area contributed by atoms with Gasteiger partial charge in [0.1, 0.15) is 6.61 Å². The van der Waals surface area contributed by atoms with Crippen molar-refractivity contribution in [2.75, 3.05) is 6.61 Å². The van der Waals surface area contributed by atoms with Crippen LogP contribution in [0.2, 0.25) is 0 Å². The van der Waals surface area contributed by atoms with Crippen LogP contribution in [0.3, 0.4) is 0 Å². The molecule has 1 rings (SSSR count). The van der Waals surface area contributed by atoms with Crippen LogP contribution in [0.4, 0.5) is 8.78 Å². The van der Waals surface area contributed by atoms with Gasteiger partial charge < -0.3 is 10.5 Å². The Labute approximate surface area is 72.3 Å². The van der Waals surface area contributed by atoms with E-state index in [0.29, 0.717) is 0 Å². The van der Waals surface area contributed by atoms with Gasteiger partial charge in [-0.3, -0.25) is 4.79 Å². The Bertz CT molecular complexity index is 253. The van der Waals surface area contributed by atoms with Gasteiger partial charge in [-0.1, -0.05) is 0 Å². The number of carbonyl (C=O) groups excluding carboxylic acids is 1. The molecule has 0 saturated carbocycles. The van der Waals surface area contributed by atoms with E-state index in [1.54, 1.807) is 0 Å². The first kappa shape index (κ1) is 9.72. The largest absolute Gasteiger partial charge is 0.365 e. The normalized spacial score (nSPS) is 25.8. The summed E-state index contributed by atoms with van der Waals surface area (Å²) in [6.07, 6.45) is -0.395. The summed E-state index contributed by atoms with van der Waals surface area (Å²) in [6.45, 7) is -0.910. The number of carbonyl (C=O) groups is 1. The molecule has 0 fully saturated rings. The first-order chi connectivity index (χ1) is 6.07. The number of hydrogen-bond acceptors (Lipinski definition) is 4. The predicted octanol–water partition coefficient (Wildman–Crippen LogP) is 0.429. The van der Waals surface area contributed by atoms with Gasteiger partial charge in [0.05, 0.1) is 6.20 Å². The fraction of sp³-hybridized carbons (Fsp3) is 0.500. The molecule has 0 radical (unpaired) electrons. The Kier molecular flexibility index (Phi) is 2.66. The second kappa shape index (κ2) is 3.56. The van der Waals surface area contributed by atoms with Crippen LogP contribution in [0.25, 0.3) is 0 Å². The highest BCUT2D eigenvalue weighted by molar-refractivity contribution is 5.85. The lowest BCUT2D eigenvalue weighted by atomic mass is 10.2. The van der Waals surface area contributed by atoms with Gasteiger partial charge in [-0.2, -0.15) is 5.11 Å². The number of rotatable bonds is 4. The minimum Gasteiger partial charge on any atom is -0.365 e. The number of amides is 1. The van der Waals surface area contributed by atoms with E-state index in [-0.39, 0.29) is 0 Å². The summed E-state index contributed by atoms with van der Waals surface area (Å²) in [6, 6.07) is 0. The van der Waals surface area contributed by atoms with E-state index in [9.17, 15) is 13.6 Å². The Hall–Kier alpha value is -1.37. The second-order valence-corrected chi connectivity index (χ2v) is 2.29. The quantitative estimate of drug-likeness (QED) is 0.699. The number of azo groups is 1. The van der Waals surface area contributed by atoms with E-state index >= 15 is 0 Å². The molecule has 1 amide bonds. The van der Waals surface area contributed by atoms with E-state index < -0.39 is 24.7 Å². The second-order valence-electron chi connectivity index (χ2n) is 2.29. The van der Waals surface area contributed by atoms with Crippen molar-refractivity contribution in [3.8, 4) is 0 Å². The van der Waals surface area contributed by atoms with Crippen molar-refractivity contribution >= 4 is 5.91 Å². The van der Waals surface area contributed by atoms with E-state index in [2.05, 4.69) is 15.0 Å². The minimum absolute atomic E-state index is 0.910. The van der Waals surface area contributed by atoms with Crippen LogP contribution in [0, 0.1) is 0 Å². The average molecular weight is 191 g/mol. The van der Waals surface area contributed by atoms with Gasteiger partial charge in [-0.25, -0.2) is 8.78 Å². The Morgan fingerprint density at radius 1 is 1.69 bits per heavy atom. The molecule has 72 valence electrons. The molecule has 1 heterocycles. The highest BCUT2D eigenvalue weighted by Crippen LogP contribution is 2.21. The van der Waals surface area contributed by atoms with Crippen molar-refractivity contribution in [1.29, 1.82) is 0 Å². The number of nitrogens with two attached hydrogens (primary N) is 1. The van der Waals surface area contributed by atoms with Gasteiger partial charge >= 0.3 is 0 Å². The van der Waals surface area contributed by atoms with Gasteiger partial charge in [0.15, 0.2) is 0 Å². The number of ether oxygens (including phenoxy) is 1. The van der Waals surface area contributed by atoms with Crippen LogP contribution < -0.4 is 5.73 Å². The smallest absolute Gasteiger partial charge is 0.279 e. The summed E-state index contributed by atoms with van der Waals surface area (Å²) < 4.78 is 28.0. The van der Waals surface area contributed by atoms with Crippen LogP contribution in [0.5, 0.6) is 0 Å². The topological polar surface area (TPSA) is 77.0 Å². The summed E-state index contributed by atoms with van der Waals surface area (Å²) in [5.74, 6) is -0.967. The molecule has 0 aromatic carbocycles. The summed E-state index contributed by atoms with van der Waals surface area (Å²) in [4.78, 5) is 10.8. The van der Waals surface area contributed by atoms with Crippen molar-refractivity contribution in [3.05, 3.63) is 12.3 Å². The van der Waals surface area contributed by atoms with Crippen LogP contribution in [0.15, 0.2) is 22.5 Å². The Balaban J connectivity index is 2.65. The zero-order valence-corrected chi connectivity index (χ0v) is 6.48. The van der Waals surface area contributed by atoms with Gasteiger partial charge in [0.2, 0.25) is 0 Å². The molecule has 1 unspecified atom stereocenters. The number of primary amides is 1. The Morgan fingerprint density at radius 3 is 2.77 bits per heavy atom. The summed E-state index contributed by atoms with van der Waals surface area (Å²) >= 11 is 0. The van der Waals surface area contributed by atoms with Crippen LogP contribution in [0.1, 0.15) is 0 Å². The fourth-order valence-electron chi connectivity index (χ4n) is 0.756. The molecule has 0 saturated heterocycles. The van der Waals surface area contributed by atoms with Crippen molar-refractivity contribution in [2.45, 2.75) is 12.2 Å². The summed E-state index contributed by atoms with van der Waals surface area (Å²) in [5.41, 5.74) is 3.07. The summed E-state index contributed by atoms with van der Waals surface area (Å²) in [7, 11) is 0. The first-order valence-corrected chi connectivity index (χ1v) is 3.38. The molecule has 0 spiro atoms. The highest BCUT2D eigenvalue weighted by atomic mass is 19.3. The third kappa shape index (κ3) is 2.05. The van der Waals surface area contributed by atoms with Gasteiger partial charge in [0.25, 0.3) is 18.1 Å². The van der Waals surface area contributed by atoms with Gasteiger partial charge in [-0.15, -0.1) is 5.11 Å². The summed E-state index contributed by atoms with van der Waals surface area (Å²) in [5, 5.41) is 6.63. The lowest BCUT2D eigenvalue weighted by Crippen LogP contribution is -2.42. The third-order valence-electron chi connectivity index (χ3n) is 1.36. The molecule has 1 aliphatic heterocycles. The maximum atomic E-state index is 11.7. The SMILES string of the molecule is NC(=O)C1(OCC(F)F)C=CN=N1. The lowest BCUT2D eigenvalue weighted by Gasteiger charge is -2.18. The standard InChI is InChI=1S/C6H7F2N3O2/c7-4(8)3-13-6(5(9)12)1-2-10-11-6/h1-2,4H,3H2,(H2,9,12). The van der Waals surface area contributed by atoms with Gasteiger partial charge in [0, 0.05) is 6.08 Å². The predicted molar refractivity (Wildman–Crippen MR) is 37.9 cm³/mol. The molecular weight excluding hydrogens is 184 g/mol. The van der Waals surface area contributed by atoms with Crippen molar-refractivity contribution in [3.63, 3.8) is 0 Å². The van der Waals surface area contributed by atoms with E-state index in [1.165, 1.54) is 0 Å². The van der Waals surface area contributed by atoms with E-state index in [0.717, 1.165) is 12.3 Å². The van der Waals surface area contributed by atoms with Crippen LogP contribution >= 0.6 is 0 Å². The fourth-order valence-corrected chi connectivity index (χ4v) is 0.756. The molecule has 0 bridgehead atoms. The monoisotopic (exact) mass is 191 g/mol. The number of halogens is 2. The molecule has 13 heavy (non-hydrogen) atoms. The molecule has 0 aromatic heterocycles. The zero-order valence-electron chi connectivity index (χ0n) is 6.48. The molecule has 1 atom stereocenters. The van der Waals surface area contributed by atoms with E-state index in [4.69, 9.17) is 5.73 Å². The molecule has 2 N–H and O–H groups in total. The molecular formula is C6H7F2N3O2. The number of nitrogens with zero attached hydrogens (tertiary/aromatic N) is 2. The highest BCUT2D eigenvalue weighted by Gasteiger charge is 2.38. The maximum Gasteiger partial charge on any atom is 0.279 e. The molecule has 1 aliphatic rings. The van der Waals surface area contributed by atoms with Crippen LogP contribution in [-0.4, -0.2) is 24.7 Å². The molecule has 0 aromatic rings. The molecule has 0 aliphatic carbocycles. The molecule has 7 heteroatoms. The minimum atomic E-state index is -2.68. The van der Waals surface area contributed by atoms with Crippen molar-refractivity contribution in [2.24, 2.45) is 16.0 Å². The average Bonchev–Trinajstić information content (AvgIpc) is 2.50.